The minimum atomic E-state index is -0.00470. The molecule has 1 saturated carbocycles. The van der Waals surface area contributed by atoms with Crippen LogP contribution in [-0.2, 0) is 13.6 Å². The van der Waals surface area contributed by atoms with E-state index in [2.05, 4.69) is 5.10 Å². The largest absolute Gasteiger partial charge is 0.337 e. The topological polar surface area (TPSA) is 51.0 Å². The minimum absolute atomic E-state index is 0.00470. The molecule has 1 fully saturated rings. The van der Waals surface area contributed by atoms with Gasteiger partial charge in [0.2, 0.25) is 0 Å². The number of nitrogens with zero attached hydrogens (tertiary/aromatic N) is 4. The molecular weight excluding hydrogens is 356 g/mol. The quantitative estimate of drug-likeness (QED) is 0.689. The number of thiophene rings is 1. The van der Waals surface area contributed by atoms with Crippen molar-refractivity contribution in [1.29, 1.82) is 0 Å². The SMILES string of the molecule is Cc1nn(C)c2nc(C3CC3)cc(C(=O)N(C)Cc3ccc(Cl)s3)c12. The van der Waals surface area contributed by atoms with Crippen molar-refractivity contribution in [2.45, 2.75) is 32.2 Å². The number of hydrogen-bond donors (Lipinski definition) is 0. The van der Waals surface area contributed by atoms with Gasteiger partial charge in [-0.3, -0.25) is 9.48 Å². The van der Waals surface area contributed by atoms with Gasteiger partial charge in [0.15, 0.2) is 5.65 Å². The van der Waals surface area contributed by atoms with Crippen molar-refractivity contribution in [3.8, 4) is 0 Å². The molecule has 1 amide bonds. The molecule has 130 valence electrons. The fourth-order valence-electron chi connectivity index (χ4n) is 3.17. The molecule has 0 unspecified atom stereocenters. The molecule has 5 nitrogen and oxygen atoms in total. The molecule has 3 aromatic rings. The van der Waals surface area contributed by atoms with Crippen LogP contribution in [0.5, 0.6) is 0 Å². The van der Waals surface area contributed by atoms with E-state index >= 15 is 0 Å². The molecule has 0 bridgehead atoms. The Morgan fingerprint density at radius 2 is 2.20 bits per heavy atom. The summed E-state index contributed by atoms with van der Waals surface area (Å²) in [7, 11) is 3.70. The highest BCUT2D eigenvalue weighted by atomic mass is 35.5. The number of aromatic nitrogens is 3. The number of carbonyl (C=O) groups excluding carboxylic acids is 1. The van der Waals surface area contributed by atoms with Crippen molar-refractivity contribution in [3.63, 3.8) is 0 Å². The average molecular weight is 375 g/mol. The third-order valence-corrected chi connectivity index (χ3v) is 5.80. The normalized spacial score (nSPS) is 14.2. The fraction of sp³-hybridized carbons (Fsp3) is 0.389. The number of pyridine rings is 1. The molecule has 0 aromatic carbocycles. The first kappa shape index (κ1) is 16.5. The van der Waals surface area contributed by atoms with Gasteiger partial charge in [0.05, 0.1) is 27.5 Å². The summed E-state index contributed by atoms with van der Waals surface area (Å²) < 4.78 is 2.51. The molecule has 0 N–H and O–H groups in total. The number of fused-ring (bicyclic) bond motifs is 1. The van der Waals surface area contributed by atoms with Crippen LogP contribution in [0, 0.1) is 6.92 Å². The maximum Gasteiger partial charge on any atom is 0.254 e. The van der Waals surface area contributed by atoms with Gasteiger partial charge in [0, 0.05) is 30.6 Å². The van der Waals surface area contributed by atoms with Gasteiger partial charge in [0.1, 0.15) is 0 Å². The summed E-state index contributed by atoms with van der Waals surface area (Å²) in [5, 5.41) is 5.32. The Bertz CT molecular complexity index is 973. The Morgan fingerprint density at radius 1 is 1.44 bits per heavy atom. The Labute approximate surface area is 155 Å². The van der Waals surface area contributed by atoms with Crippen LogP contribution in [0.3, 0.4) is 0 Å². The molecule has 3 aromatic heterocycles. The molecule has 3 heterocycles. The summed E-state index contributed by atoms with van der Waals surface area (Å²) in [6, 6.07) is 5.79. The van der Waals surface area contributed by atoms with Crippen molar-refractivity contribution in [3.05, 3.63) is 44.4 Å². The maximum atomic E-state index is 13.2. The summed E-state index contributed by atoms with van der Waals surface area (Å²) >= 11 is 7.50. The second kappa shape index (κ2) is 6.11. The highest BCUT2D eigenvalue weighted by Gasteiger charge is 2.29. The van der Waals surface area contributed by atoms with Crippen LogP contribution in [0.4, 0.5) is 0 Å². The molecule has 0 aliphatic heterocycles. The van der Waals surface area contributed by atoms with E-state index in [0.29, 0.717) is 18.0 Å². The molecular formula is C18H19ClN4OS. The van der Waals surface area contributed by atoms with Gasteiger partial charge in [-0.2, -0.15) is 5.10 Å². The van der Waals surface area contributed by atoms with Crippen LogP contribution >= 0.6 is 22.9 Å². The van der Waals surface area contributed by atoms with E-state index in [1.807, 2.05) is 39.2 Å². The predicted octanol–water partition coefficient (Wildman–Crippen LogP) is 4.14. The van der Waals surface area contributed by atoms with E-state index in [9.17, 15) is 4.79 Å². The summed E-state index contributed by atoms with van der Waals surface area (Å²) in [6.07, 6.45) is 2.29. The first-order valence-corrected chi connectivity index (χ1v) is 9.47. The van der Waals surface area contributed by atoms with Crippen LogP contribution in [0.2, 0.25) is 4.34 Å². The van der Waals surface area contributed by atoms with Gasteiger partial charge in [0.25, 0.3) is 5.91 Å². The second-order valence-electron chi connectivity index (χ2n) is 6.64. The number of hydrogen-bond acceptors (Lipinski definition) is 4. The fourth-order valence-corrected chi connectivity index (χ4v) is 4.31. The first-order valence-electron chi connectivity index (χ1n) is 8.28. The number of rotatable bonds is 4. The molecule has 0 radical (unpaired) electrons. The van der Waals surface area contributed by atoms with Gasteiger partial charge >= 0.3 is 0 Å². The van der Waals surface area contributed by atoms with E-state index in [-0.39, 0.29) is 5.91 Å². The first-order chi connectivity index (χ1) is 11.9. The zero-order valence-corrected chi connectivity index (χ0v) is 16.0. The Kier molecular flexibility index (Phi) is 4.04. The lowest BCUT2D eigenvalue weighted by atomic mass is 10.1. The van der Waals surface area contributed by atoms with Crippen LogP contribution in [0.25, 0.3) is 11.0 Å². The highest BCUT2D eigenvalue weighted by Crippen LogP contribution is 2.40. The smallest absolute Gasteiger partial charge is 0.254 e. The van der Waals surface area contributed by atoms with Crippen LogP contribution < -0.4 is 0 Å². The van der Waals surface area contributed by atoms with E-state index < -0.39 is 0 Å². The highest BCUT2D eigenvalue weighted by molar-refractivity contribution is 7.16. The average Bonchev–Trinajstić information content (AvgIpc) is 3.29. The summed E-state index contributed by atoms with van der Waals surface area (Å²) in [6.45, 7) is 2.47. The van der Waals surface area contributed by atoms with Gasteiger partial charge < -0.3 is 4.90 Å². The third-order valence-electron chi connectivity index (χ3n) is 4.58. The molecule has 0 saturated heterocycles. The molecule has 0 atom stereocenters. The molecule has 1 aliphatic carbocycles. The molecule has 4 rings (SSSR count). The lowest BCUT2D eigenvalue weighted by Gasteiger charge is -2.17. The monoisotopic (exact) mass is 374 g/mol. The lowest BCUT2D eigenvalue weighted by Crippen LogP contribution is -2.26. The third kappa shape index (κ3) is 3.04. The van der Waals surface area contributed by atoms with Crippen molar-refractivity contribution in [1.82, 2.24) is 19.7 Å². The molecule has 25 heavy (non-hydrogen) atoms. The molecule has 1 aliphatic rings. The standard InChI is InChI=1S/C18H19ClN4OS/c1-10-16-13(18(24)22(2)9-12-6-7-15(19)25-12)8-14(11-4-5-11)20-17(16)23(3)21-10/h6-8,11H,4-5,9H2,1-3H3. The molecule has 7 heteroatoms. The minimum Gasteiger partial charge on any atom is -0.337 e. The van der Waals surface area contributed by atoms with Gasteiger partial charge in [-0.15, -0.1) is 11.3 Å². The second-order valence-corrected chi connectivity index (χ2v) is 8.44. The van der Waals surface area contributed by atoms with E-state index in [1.54, 1.807) is 9.58 Å². The van der Waals surface area contributed by atoms with Crippen LogP contribution in [0.1, 0.15) is 45.4 Å². The van der Waals surface area contributed by atoms with E-state index in [0.717, 1.165) is 44.5 Å². The Morgan fingerprint density at radius 3 is 2.84 bits per heavy atom. The van der Waals surface area contributed by atoms with Gasteiger partial charge in [-0.1, -0.05) is 11.6 Å². The number of carbonyl (C=O) groups is 1. The lowest BCUT2D eigenvalue weighted by molar-refractivity contribution is 0.0788. The van der Waals surface area contributed by atoms with E-state index in [1.165, 1.54) is 11.3 Å². The van der Waals surface area contributed by atoms with Gasteiger partial charge in [-0.05, 0) is 38.0 Å². The number of halogens is 1. The number of aryl methyl sites for hydroxylation is 2. The number of amides is 1. The van der Waals surface area contributed by atoms with Crippen molar-refractivity contribution < 1.29 is 4.79 Å². The van der Waals surface area contributed by atoms with Crippen LogP contribution in [0.15, 0.2) is 18.2 Å². The maximum absolute atomic E-state index is 13.2. The Balaban J connectivity index is 1.74. The van der Waals surface area contributed by atoms with Gasteiger partial charge in [-0.25, -0.2) is 4.98 Å². The molecule has 0 spiro atoms. The zero-order valence-electron chi connectivity index (χ0n) is 14.4. The van der Waals surface area contributed by atoms with Crippen molar-refractivity contribution >= 4 is 39.9 Å². The van der Waals surface area contributed by atoms with Crippen molar-refractivity contribution in [2.24, 2.45) is 7.05 Å². The predicted molar refractivity (Wildman–Crippen MR) is 100 cm³/mol. The summed E-state index contributed by atoms with van der Waals surface area (Å²) in [4.78, 5) is 20.7. The zero-order chi connectivity index (χ0) is 17.7. The Hall–Kier alpha value is -1.92. The van der Waals surface area contributed by atoms with E-state index in [4.69, 9.17) is 16.6 Å². The van der Waals surface area contributed by atoms with Crippen molar-refractivity contribution in [2.75, 3.05) is 7.05 Å². The summed E-state index contributed by atoms with van der Waals surface area (Å²) in [5.41, 5.74) is 3.33. The summed E-state index contributed by atoms with van der Waals surface area (Å²) in [5.74, 6) is 0.475. The van der Waals surface area contributed by atoms with Crippen LogP contribution in [-0.4, -0.2) is 32.6 Å².